The second-order valence-electron chi connectivity index (χ2n) is 8.03. The summed E-state index contributed by atoms with van der Waals surface area (Å²) >= 11 is 8.05. The smallest absolute Gasteiger partial charge is 0.338 e. The lowest BCUT2D eigenvalue weighted by Crippen LogP contribution is -2.38. The molecule has 0 unspecified atom stereocenters. The van der Waals surface area contributed by atoms with Gasteiger partial charge in [0, 0.05) is 24.3 Å². The van der Waals surface area contributed by atoms with Crippen LogP contribution in [0.1, 0.15) is 36.9 Å². The van der Waals surface area contributed by atoms with Gasteiger partial charge in [-0.1, -0.05) is 78.8 Å². The molecule has 176 valence electrons. The Hall–Kier alpha value is -3.03. The number of carbonyl (C=O) groups excluding carboxylic acids is 2. The number of allylic oxidation sites excluding steroid dienone is 1. The second kappa shape index (κ2) is 10.5. The number of hydrogen-bond donors (Lipinski definition) is 0. The lowest BCUT2D eigenvalue weighted by Gasteiger charge is -2.37. The van der Waals surface area contributed by atoms with E-state index in [1.165, 1.54) is 18.9 Å². The Kier molecular flexibility index (Phi) is 7.44. The van der Waals surface area contributed by atoms with Gasteiger partial charge in [0.15, 0.2) is 5.17 Å². The first-order valence-corrected chi connectivity index (χ1v) is 12.3. The fourth-order valence-electron chi connectivity index (χ4n) is 4.14. The predicted octanol–water partition coefficient (Wildman–Crippen LogP) is 5.53. The Labute approximate surface area is 208 Å². The van der Waals surface area contributed by atoms with E-state index in [1.54, 1.807) is 18.0 Å². The van der Waals surface area contributed by atoms with Gasteiger partial charge in [0.05, 0.1) is 30.8 Å². The molecule has 2 aromatic carbocycles. The van der Waals surface area contributed by atoms with Crippen molar-refractivity contribution in [1.82, 2.24) is 9.80 Å². The summed E-state index contributed by atoms with van der Waals surface area (Å²) in [6.07, 6.45) is 0.740. The van der Waals surface area contributed by atoms with Gasteiger partial charge < -0.3 is 14.5 Å². The number of carbonyl (C=O) groups is 2. The number of rotatable bonds is 7. The molecule has 0 aromatic heterocycles. The number of nitrogens with zero attached hydrogens (tertiary/aromatic N) is 3. The largest absolute Gasteiger partial charge is 0.466 e. The molecule has 1 atom stereocenters. The molecule has 2 heterocycles. The molecule has 0 saturated heterocycles. The highest BCUT2D eigenvalue weighted by Crippen LogP contribution is 2.46. The summed E-state index contributed by atoms with van der Waals surface area (Å²) in [7, 11) is 3.16. The van der Waals surface area contributed by atoms with E-state index in [2.05, 4.69) is 0 Å². The van der Waals surface area contributed by atoms with E-state index >= 15 is 0 Å². The zero-order valence-electron chi connectivity index (χ0n) is 19.3. The van der Waals surface area contributed by atoms with Gasteiger partial charge >= 0.3 is 5.97 Å². The van der Waals surface area contributed by atoms with E-state index in [9.17, 15) is 9.59 Å². The summed E-state index contributed by atoms with van der Waals surface area (Å²) in [6, 6.07) is 16.8. The average Bonchev–Trinajstić information content (AvgIpc) is 3.25. The van der Waals surface area contributed by atoms with Gasteiger partial charge in [0.2, 0.25) is 5.91 Å². The minimum absolute atomic E-state index is 0.0280. The van der Waals surface area contributed by atoms with Crippen LogP contribution in [0.25, 0.3) is 0 Å². The molecule has 0 fully saturated rings. The number of methoxy groups -OCH3 is 1. The number of fused-ring (bicyclic) bond motifs is 1. The van der Waals surface area contributed by atoms with Gasteiger partial charge in [0.1, 0.15) is 0 Å². The molecule has 0 radical (unpaired) electrons. The fourth-order valence-corrected chi connectivity index (χ4v) is 5.32. The third-order valence-corrected chi connectivity index (χ3v) is 7.08. The first-order valence-electron chi connectivity index (χ1n) is 11.0. The van der Waals surface area contributed by atoms with E-state index < -0.39 is 12.0 Å². The van der Waals surface area contributed by atoms with Crippen LogP contribution < -0.4 is 0 Å². The molecule has 0 spiro atoms. The van der Waals surface area contributed by atoms with Crippen LogP contribution in [0, 0.1) is 0 Å². The molecule has 0 N–H and O–H groups in total. The SMILES string of the molecule is CCC1=C(C(=O)OC)[C@@H](c2ccccc2Cl)N2C(CC(=O)N(C)Cc3ccccc3)=CSC2=N1. The van der Waals surface area contributed by atoms with E-state index in [0.717, 1.165) is 22.0 Å². The Bertz CT molecular complexity index is 1190. The van der Waals surface area contributed by atoms with Crippen LogP contribution >= 0.6 is 23.4 Å². The van der Waals surface area contributed by atoms with Crippen LogP contribution in [0.15, 0.2) is 82.0 Å². The number of hydrogen-bond acceptors (Lipinski definition) is 6. The summed E-state index contributed by atoms with van der Waals surface area (Å²) in [4.78, 5) is 34.5. The van der Waals surface area contributed by atoms with Crippen molar-refractivity contribution in [2.24, 2.45) is 4.99 Å². The number of halogens is 1. The number of aliphatic imine (C=N–C) groups is 1. The van der Waals surface area contributed by atoms with Crippen molar-refractivity contribution in [2.45, 2.75) is 32.4 Å². The van der Waals surface area contributed by atoms with Crippen molar-refractivity contribution < 1.29 is 14.3 Å². The van der Waals surface area contributed by atoms with Crippen molar-refractivity contribution in [1.29, 1.82) is 0 Å². The van der Waals surface area contributed by atoms with Gasteiger partial charge in [-0.25, -0.2) is 9.79 Å². The van der Waals surface area contributed by atoms with Crippen LogP contribution in [0.4, 0.5) is 0 Å². The summed E-state index contributed by atoms with van der Waals surface area (Å²) < 4.78 is 5.15. The number of ether oxygens (including phenoxy) is 1. The predicted molar refractivity (Wildman–Crippen MR) is 136 cm³/mol. The van der Waals surface area contributed by atoms with E-state index in [1.807, 2.05) is 65.8 Å². The lowest BCUT2D eigenvalue weighted by molar-refractivity contribution is -0.136. The number of benzene rings is 2. The molecule has 0 saturated carbocycles. The topological polar surface area (TPSA) is 62.2 Å². The van der Waals surface area contributed by atoms with Crippen molar-refractivity contribution in [2.75, 3.05) is 14.2 Å². The van der Waals surface area contributed by atoms with Crippen molar-refractivity contribution in [3.8, 4) is 0 Å². The highest BCUT2D eigenvalue weighted by molar-refractivity contribution is 8.16. The standard InChI is InChI=1S/C26H26ClN3O3S/c1-4-21-23(25(32)33-3)24(19-12-8-9-13-20(19)27)30-18(16-34-26(30)28-21)14-22(31)29(2)15-17-10-6-5-7-11-17/h5-13,16,24H,4,14-15H2,1-3H3/t24-/m1/s1. The van der Waals surface area contributed by atoms with Crippen molar-refractivity contribution >= 4 is 40.4 Å². The number of amides is 1. The molecule has 34 heavy (non-hydrogen) atoms. The molecule has 0 aliphatic carbocycles. The maximum atomic E-state index is 13.2. The minimum atomic E-state index is -0.530. The summed E-state index contributed by atoms with van der Waals surface area (Å²) in [5, 5.41) is 3.20. The first kappa shape index (κ1) is 24.1. The molecule has 2 aromatic rings. The maximum Gasteiger partial charge on any atom is 0.338 e. The molecule has 0 bridgehead atoms. The Balaban J connectivity index is 1.67. The van der Waals surface area contributed by atoms with E-state index in [0.29, 0.717) is 29.3 Å². The molecule has 8 heteroatoms. The maximum absolute atomic E-state index is 13.2. The van der Waals surface area contributed by atoms with Crippen molar-refractivity contribution in [3.05, 3.63) is 93.1 Å². The van der Waals surface area contributed by atoms with Gasteiger partial charge in [-0.15, -0.1) is 0 Å². The normalized spacial score (nSPS) is 17.2. The highest BCUT2D eigenvalue weighted by Gasteiger charge is 2.42. The van der Waals surface area contributed by atoms with Crippen LogP contribution in [0.2, 0.25) is 5.02 Å². The van der Waals surface area contributed by atoms with Crippen LogP contribution in [0.3, 0.4) is 0 Å². The minimum Gasteiger partial charge on any atom is -0.466 e. The van der Waals surface area contributed by atoms with Gasteiger partial charge in [-0.2, -0.15) is 0 Å². The summed E-state index contributed by atoms with van der Waals surface area (Å²) in [5.74, 6) is -0.479. The monoisotopic (exact) mass is 495 g/mol. The molecule has 6 nitrogen and oxygen atoms in total. The van der Waals surface area contributed by atoms with Crippen LogP contribution in [-0.4, -0.2) is 41.0 Å². The molecule has 4 rings (SSSR count). The molecular weight excluding hydrogens is 470 g/mol. The quantitative estimate of drug-likeness (QED) is 0.473. The Morgan fingerprint density at radius 1 is 1.15 bits per heavy atom. The zero-order chi connectivity index (χ0) is 24.2. The van der Waals surface area contributed by atoms with E-state index in [4.69, 9.17) is 21.3 Å². The third kappa shape index (κ3) is 4.76. The Morgan fingerprint density at radius 3 is 2.53 bits per heavy atom. The lowest BCUT2D eigenvalue weighted by atomic mass is 9.92. The van der Waals surface area contributed by atoms with Gasteiger partial charge in [-0.05, 0) is 29.0 Å². The van der Waals surface area contributed by atoms with Gasteiger partial charge in [-0.3, -0.25) is 4.79 Å². The fraction of sp³-hybridized carbons (Fsp3) is 0.269. The molecule has 1 amide bonds. The average molecular weight is 496 g/mol. The Morgan fingerprint density at radius 2 is 1.85 bits per heavy atom. The highest BCUT2D eigenvalue weighted by atomic mass is 35.5. The summed E-state index contributed by atoms with van der Waals surface area (Å²) in [6.45, 7) is 2.47. The molecule has 2 aliphatic rings. The van der Waals surface area contributed by atoms with Crippen LogP contribution in [0.5, 0.6) is 0 Å². The van der Waals surface area contributed by atoms with Crippen molar-refractivity contribution in [3.63, 3.8) is 0 Å². The number of thioether (sulfide) groups is 1. The second-order valence-corrected chi connectivity index (χ2v) is 9.28. The van der Waals surface area contributed by atoms with E-state index in [-0.39, 0.29) is 12.3 Å². The number of esters is 1. The molecule has 2 aliphatic heterocycles. The van der Waals surface area contributed by atoms with Gasteiger partial charge in [0.25, 0.3) is 0 Å². The van der Waals surface area contributed by atoms with Crippen LogP contribution in [-0.2, 0) is 20.9 Å². The number of amidine groups is 1. The first-order chi connectivity index (χ1) is 16.4. The third-order valence-electron chi connectivity index (χ3n) is 5.85. The summed E-state index contributed by atoms with van der Waals surface area (Å²) in [5.41, 5.74) is 3.71. The zero-order valence-corrected chi connectivity index (χ0v) is 20.9. The molecular formula is C26H26ClN3O3S.